The summed E-state index contributed by atoms with van der Waals surface area (Å²) in [4.78, 5) is 4.72. The number of hydrogen-bond acceptors (Lipinski definition) is 5. The number of aryl methyl sites for hydroxylation is 1. The van der Waals surface area contributed by atoms with E-state index in [4.69, 9.17) is 27.3 Å². The van der Waals surface area contributed by atoms with E-state index < -0.39 is 0 Å². The summed E-state index contributed by atoms with van der Waals surface area (Å²) in [7, 11) is 0. The fraction of sp³-hybridized carbons (Fsp3) is 0.235. The maximum Gasteiger partial charge on any atom is 0.0774 e. The summed E-state index contributed by atoms with van der Waals surface area (Å²) in [6, 6.07) is 3.67. The predicted molar refractivity (Wildman–Crippen MR) is 91.6 cm³/mol. The van der Waals surface area contributed by atoms with Crippen molar-refractivity contribution in [3.8, 4) is 0 Å². The molecule has 0 amide bonds. The van der Waals surface area contributed by atoms with E-state index in [9.17, 15) is 0 Å². The van der Waals surface area contributed by atoms with E-state index in [1.54, 1.807) is 6.07 Å². The Balaban J connectivity index is 2.45. The third-order valence-electron chi connectivity index (χ3n) is 4.30. The summed E-state index contributed by atoms with van der Waals surface area (Å²) >= 11 is 0. The molecule has 1 aliphatic carbocycles. The van der Waals surface area contributed by atoms with Gasteiger partial charge in [0.2, 0.25) is 0 Å². The Bertz CT molecular complexity index is 805. The van der Waals surface area contributed by atoms with Gasteiger partial charge in [-0.05, 0) is 48.9 Å². The first-order valence-corrected chi connectivity index (χ1v) is 7.38. The number of nitrogens with zero attached hydrogens (tertiary/aromatic N) is 1. The molecule has 112 valence electrons. The van der Waals surface area contributed by atoms with E-state index in [0.29, 0.717) is 11.3 Å². The molecule has 1 aromatic heterocycles. The zero-order valence-electron chi connectivity index (χ0n) is 12.3. The van der Waals surface area contributed by atoms with Crippen molar-refractivity contribution in [2.75, 3.05) is 5.73 Å². The molecule has 3 rings (SSSR count). The highest BCUT2D eigenvalue weighted by Crippen LogP contribution is 2.35. The number of fused-ring (bicyclic) bond motifs is 3. The van der Waals surface area contributed by atoms with E-state index in [1.807, 2.05) is 6.07 Å². The monoisotopic (exact) mass is 293 g/mol. The molecule has 1 heterocycles. The molecule has 0 saturated carbocycles. The minimum atomic E-state index is 0.603. The van der Waals surface area contributed by atoms with Crippen molar-refractivity contribution in [2.45, 2.75) is 25.7 Å². The second-order valence-electron chi connectivity index (χ2n) is 5.50. The van der Waals surface area contributed by atoms with Crippen LogP contribution in [0.15, 0.2) is 18.3 Å². The van der Waals surface area contributed by atoms with Crippen molar-refractivity contribution < 1.29 is 0 Å². The largest absolute Gasteiger partial charge is 0.404 e. The van der Waals surface area contributed by atoms with E-state index in [2.05, 4.69) is 0 Å². The highest BCUT2D eigenvalue weighted by atomic mass is 14.7. The quantitative estimate of drug-likeness (QED) is 0.515. The number of nitrogens with two attached hydrogens (primary N) is 2. The standard InChI is InChI=1S/C17H19N5/c18-7-10(8-19)17-12-4-2-1-3-11(12)16-13(9-20)14(21)5-6-15(16)22-17/h5-9,18,20H,1-4,19,21H2/b10-8+,18-7?,20-9?. The maximum absolute atomic E-state index is 7.69. The Morgan fingerprint density at radius 2 is 1.86 bits per heavy atom. The van der Waals surface area contributed by atoms with E-state index in [1.165, 1.54) is 24.2 Å². The molecule has 0 fully saturated rings. The Labute approximate surface area is 129 Å². The predicted octanol–water partition coefficient (Wildman–Crippen LogP) is 2.64. The number of benzene rings is 1. The van der Waals surface area contributed by atoms with Crippen LogP contribution in [-0.2, 0) is 12.8 Å². The number of nitrogen functional groups attached to an aromatic ring is 1. The van der Waals surface area contributed by atoms with Crippen LogP contribution in [0.5, 0.6) is 0 Å². The fourth-order valence-electron chi connectivity index (χ4n) is 3.25. The summed E-state index contributed by atoms with van der Waals surface area (Å²) in [6.07, 6.45) is 8.08. The minimum Gasteiger partial charge on any atom is -0.404 e. The van der Waals surface area contributed by atoms with Crippen molar-refractivity contribution in [3.05, 3.63) is 40.7 Å². The van der Waals surface area contributed by atoms with Gasteiger partial charge in [-0.1, -0.05) is 0 Å². The summed E-state index contributed by atoms with van der Waals surface area (Å²) in [6.45, 7) is 0. The van der Waals surface area contributed by atoms with Crippen LogP contribution >= 0.6 is 0 Å². The lowest BCUT2D eigenvalue weighted by Gasteiger charge is -2.22. The smallest absolute Gasteiger partial charge is 0.0774 e. The lowest BCUT2D eigenvalue weighted by atomic mass is 9.85. The van der Waals surface area contributed by atoms with Crippen LogP contribution in [-0.4, -0.2) is 17.4 Å². The molecular weight excluding hydrogens is 274 g/mol. The van der Waals surface area contributed by atoms with Gasteiger partial charge in [0.15, 0.2) is 0 Å². The number of rotatable bonds is 3. The summed E-state index contributed by atoms with van der Waals surface area (Å²) < 4.78 is 0. The number of anilines is 1. The van der Waals surface area contributed by atoms with Crippen LogP contribution in [0, 0.1) is 10.8 Å². The first kappa shape index (κ1) is 14.3. The van der Waals surface area contributed by atoms with Gasteiger partial charge < -0.3 is 22.3 Å². The van der Waals surface area contributed by atoms with Gasteiger partial charge in [-0.3, -0.25) is 0 Å². The third kappa shape index (κ3) is 2.06. The van der Waals surface area contributed by atoms with Crippen LogP contribution in [0.25, 0.3) is 16.5 Å². The van der Waals surface area contributed by atoms with E-state index >= 15 is 0 Å². The zero-order chi connectivity index (χ0) is 15.7. The Morgan fingerprint density at radius 1 is 1.14 bits per heavy atom. The van der Waals surface area contributed by atoms with Crippen molar-refractivity contribution >= 4 is 34.6 Å². The molecule has 6 N–H and O–H groups in total. The molecular formula is C17H19N5. The maximum atomic E-state index is 7.69. The average Bonchev–Trinajstić information content (AvgIpc) is 2.56. The highest BCUT2D eigenvalue weighted by molar-refractivity contribution is 6.10. The van der Waals surface area contributed by atoms with Gasteiger partial charge in [0, 0.05) is 40.8 Å². The molecule has 5 nitrogen and oxygen atoms in total. The van der Waals surface area contributed by atoms with Crippen molar-refractivity contribution in [2.24, 2.45) is 5.73 Å². The fourth-order valence-corrected chi connectivity index (χ4v) is 3.25. The number of allylic oxidation sites excluding steroid dienone is 1. The Kier molecular flexibility index (Phi) is 3.63. The van der Waals surface area contributed by atoms with Crippen LogP contribution in [0.1, 0.15) is 35.2 Å². The molecule has 0 unspecified atom stereocenters. The lowest BCUT2D eigenvalue weighted by Crippen LogP contribution is -2.12. The van der Waals surface area contributed by atoms with Gasteiger partial charge in [-0.25, -0.2) is 4.98 Å². The van der Waals surface area contributed by atoms with E-state index in [0.717, 1.165) is 53.4 Å². The molecule has 1 aromatic carbocycles. The molecule has 0 aliphatic heterocycles. The second kappa shape index (κ2) is 5.60. The average molecular weight is 293 g/mol. The minimum absolute atomic E-state index is 0.603. The van der Waals surface area contributed by atoms with Crippen molar-refractivity contribution in [1.29, 1.82) is 10.8 Å². The van der Waals surface area contributed by atoms with Gasteiger partial charge >= 0.3 is 0 Å². The molecule has 22 heavy (non-hydrogen) atoms. The molecule has 0 radical (unpaired) electrons. The van der Waals surface area contributed by atoms with Crippen molar-refractivity contribution in [1.82, 2.24) is 4.98 Å². The molecule has 5 heteroatoms. The summed E-state index contributed by atoms with van der Waals surface area (Å²) in [5, 5.41) is 16.2. The highest BCUT2D eigenvalue weighted by Gasteiger charge is 2.21. The molecule has 0 atom stereocenters. The number of aromatic nitrogens is 1. The van der Waals surface area contributed by atoms with Crippen molar-refractivity contribution in [3.63, 3.8) is 0 Å². The van der Waals surface area contributed by atoms with Crippen LogP contribution in [0.4, 0.5) is 5.69 Å². The first-order chi connectivity index (χ1) is 10.7. The van der Waals surface area contributed by atoms with Crippen LogP contribution < -0.4 is 11.5 Å². The van der Waals surface area contributed by atoms with Crippen LogP contribution in [0.2, 0.25) is 0 Å². The van der Waals surface area contributed by atoms with Gasteiger partial charge in [0.25, 0.3) is 0 Å². The second-order valence-corrected chi connectivity index (χ2v) is 5.50. The SMILES string of the molecule is N=C/C(=C\N)c1nc2ccc(N)c(C=N)c2c2c1CCCC2. The normalized spacial score (nSPS) is 14.6. The molecule has 2 aromatic rings. The van der Waals surface area contributed by atoms with Gasteiger partial charge in [0.05, 0.1) is 11.2 Å². The molecule has 0 saturated heterocycles. The van der Waals surface area contributed by atoms with Crippen LogP contribution in [0.3, 0.4) is 0 Å². The summed E-state index contributed by atoms with van der Waals surface area (Å²) in [5.74, 6) is 0. The topological polar surface area (TPSA) is 113 Å². The molecule has 0 spiro atoms. The lowest BCUT2D eigenvalue weighted by molar-refractivity contribution is 0.686. The third-order valence-corrected chi connectivity index (χ3v) is 4.30. The van der Waals surface area contributed by atoms with Gasteiger partial charge in [0.1, 0.15) is 0 Å². The number of pyridine rings is 1. The molecule has 0 bridgehead atoms. The molecule has 1 aliphatic rings. The van der Waals surface area contributed by atoms with Gasteiger partial charge in [-0.15, -0.1) is 0 Å². The van der Waals surface area contributed by atoms with E-state index in [-0.39, 0.29) is 0 Å². The Morgan fingerprint density at radius 3 is 2.50 bits per heavy atom. The Hall–Kier alpha value is -2.69. The van der Waals surface area contributed by atoms with Gasteiger partial charge in [-0.2, -0.15) is 0 Å². The number of nitrogens with one attached hydrogen (secondary N) is 2. The first-order valence-electron chi connectivity index (χ1n) is 7.38. The number of hydrogen-bond donors (Lipinski definition) is 4. The zero-order valence-corrected chi connectivity index (χ0v) is 12.3. The summed E-state index contributed by atoms with van der Waals surface area (Å²) in [5.41, 5.74) is 17.6.